The van der Waals surface area contributed by atoms with Gasteiger partial charge in [-0.3, -0.25) is 19.4 Å². The molecule has 118 valence electrons. The molecule has 2 aliphatic rings. The van der Waals surface area contributed by atoms with Crippen LogP contribution in [0.4, 0.5) is 0 Å². The highest BCUT2D eigenvalue weighted by molar-refractivity contribution is 5.78. The van der Waals surface area contributed by atoms with Crippen molar-refractivity contribution in [2.45, 2.75) is 12.6 Å². The van der Waals surface area contributed by atoms with Gasteiger partial charge in [-0.25, -0.2) is 0 Å². The van der Waals surface area contributed by atoms with Crippen LogP contribution < -0.4 is 5.32 Å². The maximum atomic E-state index is 11.8. The molecule has 22 heavy (non-hydrogen) atoms. The molecule has 2 saturated heterocycles. The minimum atomic E-state index is -0.196. The van der Waals surface area contributed by atoms with Gasteiger partial charge in [-0.05, 0) is 5.56 Å². The zero-order valence-electron chi connectivity index (χ0n) is 12.5. The second-order valence-electron chi connectivity index (χ2n) is 5.81. The van der Waals surface area contributed by atoms with Crippen LogP contribution in [0.1, 0.15) is 5.56 Å². The maximum absolute atomic E-state index is 11.8. The lowest BCUT2D eigenvalue weighted by Crippen LogP contribution is -2.64. The summed E-state index contributed by atoms with van der Waals surface area (Å²) in [5, 5.41) is 2.82. The largest absolute Gasteiger partial charge is 0.460 e. The Morgan fingerprint density at radius 1 is 1.27 bits per heavy atom. The fourth-order valence-electron chi connectivity index (χ4n) is 2.84. The van der Waals surface area contributed by atoms with E-state index in [-0.39, 0.29) is 11.9 Å². The Bertz CT molecular complexity index is 529. The number of nitrogens with zero attached hydrogens (tertiary/aromatic N) is 2. The van der Waals surface area contributed by atoms with Crippen molar-refractivity contribution in [2.75, 3.05) is 39.3 Å². The average molecular weight is 303 g/mol. The predicted octanol–water partition coefficient (Wildman–Crippen LogP) is -0.154. The molecule has 0 atom stereocenters. The predicted molar refractivity (Wildman–Crippen MR) is 81.0 cm³/mol. The van der Waals surface area contributed by atoms with Crippen LogP contribution in [0.25, 0.3) is 0 Å². The zero-order chi connectivity index (χ0) is 15.4. The first-order chi connectivity index (χ1) is 10.7. The lowest BCUT2D eigenvalue weighted by atomic mass is 10.1. The number of carbonyl (C=O) groups is 2. The molecule has 6 nitrogen and oxygen atoms in total. The molecule has 1 amide bonds. The van der Waals surface area contributed by atoms with E-state index in [4.69, 9.17) is 4.74 Å². The summed E-state index contributed by atoms with van der Waals surface area (Å²) < 4.78 is 5.27. The van der Waals surface area contributed by atoms with E-state index in [1.165, 1.54) is 0 Å². The van der Waals surface area contributed by atoms with E-state index >= 15 is 0 Å². The van der Waals surface area contributed by atoms with Crippen molar-refractivity contribution in [1.29, 1.82) is 0 Å². The van der Waals surface area contributed by atoms with Gasteiger partial charge in [-0.15, -0.1) is 0 Å². The normalized spacial score (nSPS) is 20.3. The highest BCUT2D eigenvalue weighted by atomic mass is 16.5. The second kappa shape index (κ2) is 6.89. The second-order valence-corrected chi connectivity index (χ2v) is 5.81. The molecule has 0 radical (unpaired) electrons. The van der Waals surface area contributed by atoms with E-state index in [0.29, 0.717) is 32.3 Å². The number of likely N-dealkylation sites (tertiary alicyclic amines) is 1. The molecule has 1 aromatic carbocycles. The number of hydrogen-bond donors (Lipinski definition) is 1. The third kappa shape index (κ3) is 3.84. The number of ether oxygens (including phenoxy) is 1. The maximum Gasteiger partial charge on any atom is 0.320 e. The van der Waals surface area contributed by atoms with Gasteiger partial charge in [-0.1, -0.05) is 30.3 Å². The average Bonchev–Trinajstić information content (AvgIpc) is 2.49. The molecule has 0 bridgehead atoms. The van der Waals surface area contributed by atoms with Crippen LogP contribution >= 0.6 is 0 Å². The standard InChI is InChI=1S/C16H21N3O3/c20-15-10-19(7-6-17-15)14-8-18(9-14)11-16(21)22-12-13-4-2-1-3-5-13/h1-5,14H,6-12H2,(H,17,20). The summed E-state index contributed by atoms with van der Waals surface area (Å²) >= 11 is 0. The minimum absolute atomic E-state index is 0.0898. The number of nitrogens with one attached hydrogen (secondary N) is 1. The molecule has 0 spiro atoms. The summed E-state index contributed by atoms with van der Waals surface area (Å²) in [5.41, 5.74) is 0.997. The third-order valence-electron chi connectivity index (χ3n) is 4.12. The first-order valence-electron chi connectivity index (χ1n) is 7.63. The first-order valence-corrected chi connectivity index (χ1v) is 7.63. The molecule has 0 saturated carbocycles. The molecular formula is C16H21N3O3. The Hall–Kier alpha value is -1.92. The van der Waals surface area contributed by atoms with Crippen LogP contribution in [0.15, 0.2) is 30.3 Å². The molecule has 3 rings (SSSR count). The van der Waals surface area contributed by atoms with Crippen molar-refractivity contribution in [1.82, 2.24) is 15.1 Å². The van der Waals surface area contributed by atoms with E-state index in [0.717, 1.165) is 25.2 Å². The van der Waals surface area contributed by atoms with Crippen molar-refractivity contribution in [3.05, 3.63) is 35.9 Å². The Balaban J connectivity index is 1.35. The monoisotopic (exact) mass is 303 g/mol. The molecular weight excluding hydrogens is 282 g/mol. The topological polar surface area (TPSA) is 61.9 Å². The number of piperazine rings is 1. The van der Waals surface area contributed by atoms with Gasteiger partial charge in [0.05, 0.1) is 13.1 Å². The summed E-state index contributed by atoms with van der Waals surface area (Å²) in [6, 6.07) is 10.1. The number of benzene rings is 1. The number of hydrogen-bond acceptors (Lipinski definition) is 5. The smallest absolute Gasteiger partial charge is 0.320 e. The number of carbonyl (C=O) groups excluding carboxylic acids is 2. The van der Waals surface area contributed by atoms with Gasteiger partial charge in [0.15, 0.2) is 0 Å². The zero-order valence-corrected chi connectivity index (χ0v) is 12.5. The highest BCUT2D eigenvalue weighted by Gasteiger charge is 2.34. The number of amides is 1. The summed E-state index contributed by atoms with van der Waals surface area (Å²) in [6.45, 7) is 4.38. The van der Waals surface area contributed by atoms with Gasteiger partial charge in [0.2, 0.25) is 5.91 Å². The Morgan fingerprint density at radius 2 is 2.05 bits per heavy atom. The van der Waals surface area contributed by atoms with Gasteiger partial charge in [0.25, 0.3) is 0 Å². The van der Waals surface area contributed by atoms with Crippen molar-refractivity contribution < 1.29 is 14.3 Å². The molecule has 0 unspecified atom stereocenters. The van der Waals surface area contributed by atoms with Gasteiger partial charge in [0.1, 0.15) is 6.61 Å². The molecule has 0 aromatic heterocycles. The van der Waals surface area contributed by atoms with Gasteiger partial charge >= 0.3 is 5.97 Å². The highest BCUT2D eigenvalue weighted by Crippen LogP contribution is 2.15. The van der Waals surface area contributed by atoms with E-state index in [1.54, 1.807) is 0 Å². The van der Waals surface area contributed by atoms with Crippen LogP contribution in [-0.4, -0.2) is 67.0 Å². The van der Waals surface area contributed by atoms with E-state index in [9.17, 15) is 9.59 Å². The Kier molecular flexibility index (Phi) is 4.70. The minimum Gasteiger partial charge on any atom is -0.460 e. The lowest BCUT2D eigenvalue weighted by molar-refractivity contribution is -0.148. The molecule has 6 heteroatoms. The summed E-state index contributed by atoms with van der Waals surface area (Å²) in [5.74, 6) is -0.106. The van der Waals surface area contributed by atoms with Crippen LogP contribution in [0.3, 0.4) is 0 Å². The van der Waals surface area contributed by atoms with E-state index in [1.807, 2.05) is 30.3 Å². The quantitative estimate of drug-likeness (QED) is 0.766. The van der Waals surface area contributed by atoms with Crippen LogP contribution in [-0.2, 0) is 20.9 Å². The van der Waals surface area contributed by atoms with Gasteiger partial charge < -0.3 is 10.1 Å². The first kappa shape index (κ1) is 15.0. The fourth-order valence-corrected chi connectivity index (χ4v) is 2.84. The SMILES string of the molecule is O=C1CN(C2CN(CC(=O)OCc3ccccc3)C2)CCN1. The lowest BCUT2D eigenvalue weighted by Gasteiger charge is -2.45. The van der Waals surface area contributed by atoms with Gasteiger partial charge in [-0.2, -0.15) is 0 Å². The molecule has 2 aliphatic heterocycles. The fraction of sp³-hybridized carbons (Fsp3) is 0.500. The van der Waals surface area contributed by atoms with E-state index in [2.05, 4.69) is 15.1 Å². The number of rotatable bonds is 5. The Morgan fingerprint density at radius 3 is 2.77 bits per heavy atom. The third-order valence-corrected chi connectivity index (χ3v) is 4.12. The Labute approximate surface area is 130 Å². The summed E-state index contributed by atoms with van der Waals surface area (Å²) in [6.07, 6.45) is 0. The molecule has 1 aromatic rings. The summed E-state index contributed by atoms with van der Waals surface area (Å²) in [7, 11) is 0. The van der Waals surface area contributed by atoms with Crippen LogP contribution in [0.2, 0.25) is 0 Å². The van der Waals surface area contributed by atoms with Crippen LogP contribution in [0.5, 0.6) is 0 Å². The van der Waals surface area contributed by atoms with Crippen LogP contribution in [0, 0.1) is 0 Å². The van der Waals surface area contributed by atoms with Gasteiger partial charge in [0, 0.05) is 32.2 Å². The van der Waals surface area contributed by atoms with Crippen molar-refractivity contribution >= 4 is 11.9 Å². The van der Waals surface area contributed by atoms with Crippen molar-refractivity contribution in [2.24, 2.45) is 0 Å². The number of esters is 1. The van der Waals surface area contributed by atoms with Crippen molar-refractivity contribution in [3.8, 4) is 0 Å². The molecule has 1 N–H and O–H groups in total. The molecule has 0 aliphatic carbocycles. The molecule has 2 fully saturated rings. The molecule has 2 heterocycles. The summed E-state index contributed by atoms with van der Waals surface area (Å²) in [4.78, 5) is 27.4. The van der Waals surface area contributed by atoms with E-state index < -0.39 is 0 Å². The van der Waals surface area contributed by atoms with Crippen molar-refractivity contribution in [3.63, 3.8) is 0 Å².